The number of methoxy groups -OCH3 is 3. The van der Waals surface area contributed by atoms with Crippen molar-refractivity contribution in [2.45, 2.75) is 11.1 Å². The molecule has 0 saturated heterocycles. The molecular formula is C25H23F3N2O6S. The van der Waals surface area contributed by atoms with E-state index in [0.29, 0.717) is 34.6 Å². The number of hydrogen-bond donors (Lipinski definition) is 2. The Labute approximate surface area is 211 Å². The van der Waals surface area contributed by atoms with E-state index < -0.39 is 27.7 Å². The number of benzene rings is 3. The monoisotopic (exact) mass is 536 g/mol. The average Bonchev–Trinajstić information content (AvgIpc) is 2.86. The lowest BCUT2D eigenvalue weighted by atomic mass is 10.1. The van der Waals surface area contributed by atoms with E-state index in [9.17, 15) is 26.4 Å². The number of carbonyl (C=O) groups excluding carboxylic acids is 1. The lowest BCUT2D eigenvalue weighted by Crippen LogP contribution is -2.14. The van der Waals surface area contributed by atoms with Gasteiger partial charge in [0.25, 0.3) is 10.0 Å². The van der Waals surface area contributed by atoms with Gasteiger partial charge in [0.1, 0.15) is 0 Å². The molecular weight excluding hydrogens is 513 g/mol. The van der Waals surface area contributed by atoms with Gasteiger partial charge < -0.3 is 19.5 Å². The molecule has 3 aromatic rings. The van der Waals surface area contributed by atoms with E-state index in [-0.39, 0.29) is 10.6 Å². The van der Waals surface area contributed by atoms with Gasteiger partial charge >= 0.3 is 6.18 Å². The van der Waals surface area contributed by atoms with Crippen LogP contribution in [0.4, 0.5) is 24.5 Å². The minimum absolute atomic E-state index is 0.200. The van der Waals surface area contributed by atoms with Crippen LogP contribution in [0.15, 0.2) is 71.6 Å². The highest BCUT2D eigenvalue weighted by Crippen LogP contribution is 2.40. The van der Waals surface area contributed by atoms with Crippen LogP contribution in [0.3, 0.4) is 0 Å². The van der Waals surface area contributed by atoms with Crippen LogP contribution >= 0.6 is 0 Å². The molecule has 0 saturated carbocycles. The van der Waals surface area contributed by atoms with Crippen molar-refractivity contribution in [2.24, 2.45) is 0 Å². The second-order valence-corrected chi connectivity index (χ2v) is 9.14. The van der Waals surface area contributed by atoms with Crippen molar-refractivity contribution >= 4 is 33.4 Å². The zero-order chi connectivity index (χ0) is 27.2. The first-order valence-corrected chi connectivity index (χ1v) is 12.0. The van der Waals surface area contributed by atoms with Crippen LogP contribution in [0, 0.1) is 0 Å². The first kappa shape index (κ1) is 27.4. The Hall–Kier alpha value is -4.19. The molecule has 0 aromatic heterocycles. The molecule has 12 heteroatoms. The summed E-state index contributed by atoms with van der Waals surface area (Å²) in [4.78, 5) is 12.2. The van der Waals surface area contributed by atoms with Gasteiger partial charge in [0.2, 0.25) is 11.7 Å². The molecule has 0 fully saturated rings. The van der Waals surface area contributed by atoms with Gasteiger partial charge in [-0.05, 0) is 60.7 Å². The number of hydrogen-bond acceptors (Lipinski definition) is 6. The molecule has 0 atom stereocenters. The second kappa shape index (κ2) is 11.2. The van der Waals surface area contributed by atoms with Crippen molar-refractivity contribution in [2.75, 3.05) is 31.4 Å². The van der Waals surface area contributed by atoms with Gasteiger partial charge in [-0.15, -0.1) is 0 Å². The molecule has 0 radical (unpaired) electrons. The summed E-state index contributed by atoms with van der Waals surface area (Å²) in [5.41, 5.74) is -0.364. The Balaban J connectivity index is 1.71. The summed E-state index contributed by atoms with van der Waals surface area (Å²) in [5.74, 6) is 0.685. The van der Waals surface area contributed by atoms with E-state index in [1.807, 2.05) is 0 Å². The fourth-order valence-electron chi connectivity index (χ4n) is 3.30. The Bertz CT molecular complexity index is 1400. The standard InChI is InChI=1S/C25H23F3N2O6S/c1-34-21-13-7-16(23(35-2)24(21)36-3)8-14-22(31)29-18-9-11-20(12-10-18)37(32,33)30-19-6-4-5-17(15-19)25(26,27)28/h4-15,30H,1-3H3,(H,29,31)/b14-8+. The van der Waals surface area contributed by atoms with Crippen molar-refractivity contribution in [1.82, 2.24) is 0 Å². The lowest BCUT2D eigenvalue weighted by molar-refractivity contribution is -0.137. The van der Waals surface area contributed by atoms with Crippen LogP contribution in [-0.4, -0.2) is 35.7 Å². The zero-order valence-electron chi connectivity index (χ0n) is 19.9. The molecule has 0 aliphatic rings. The molecule has 2 N–H and O–H groups in total. The molecule has 3 rings (SSSR count). The summed E-state index contributed by atoms with van der Waals surface area (Å²) < 4.78 is 81.9. The Morgan fingerprint density at radius 2 is 1.54 bits per heavy atom. The molecule has 0 unspecified atom stereocenters. The molecule has 0 aliphatic heterocycles. The summed E-state index contributed by atoms with van der Waals surface area (Å²) in [6.45, 7) is 0. The number of halogens is 3. The molecule has 0 spiro atoms. The first-order chi connectivity index (χ1) is 17.5. The van der Waals surface area contributed by atoms with Crippen LogP contribution in [0.5, 0.6) is 17.2 Å². The molecule has 3 aromatic carbocycles. The summed E-state index contributed by atoms with van der Waals surface area (Å²) in [6.07, 6.45) is -1.85. The van der Waals surface area contributed by atoms with E-state index in [1.165, 1.54) is 63.8 Å². The molecule has 8 nitrogen and oxygen atoms in total. The quantitative estimate of drug-likeness (QED) is 0.365. The summed E-state index contributed by atoms with van der Waals surface area (Å²) in [6, 6.07) is 12.3. The van der Waals surface area contributed by atoms with Crippen molar-refractivity contribution in [3.63, 3.8) is 0 Å². The smallest absolute Gasteiger partial charge is 0.416 e. The third-order valence-electron chi connectivity index (χ3n) is 5.02. The highest BCUT2D eigenvalue weighted by Gasteiger charge is 2.30. The first-order valence-electron chi connectivity index (χ1n) is 10.6. The van der Waals surface area contributed by atoms with Gasteiger partial charge in [0.05, 0.1) is 31.8 Å². The van der Waals surface area contributed by atoms with Crippen LogP contribution < -0.4 is 24.2 Å². The number of amides is 1. The molecule has 0 aliphatic carbocycles. The van der Waals surface area contributed by atoms with Crippen molar-refractivity contribution in [3.05, 3.63) is 77.9 Å². The predicted octanol–water partition coefficient (Wildman–Crippen LogP) is 5.18. The van der Waals surface area contributed by atoms with Crippen LogP contribution in [0.2, 0.25) is 0 Å². The van der Waals surface area contributed by atoms with Gasteiger partial charge in [0, 0.05) is 23.0 Å². The van der Waals surface area contributed by atoms with Gasteiger partial charge in [-0.25, -0.2) is 8.42 Å². The van der Waals surface area contributed by atoms with Crippen molar-refractivity contribution in [3.8, 4) is 17.2 Å². The number of sulfonamides is 1. The maximum atomic E-state index is 12.9. The molecule has 37 heavy (non-hydrogen) atoms. The lowest BCUT2D eigenvalue weighted by Gasteiger charge is -2.14. The van der Waals surface area contributed by atoms with Crippen LogP contribution in [0.1, 0.15) is 11.1 Å². The van der Waals surface area contributed by atoms with Crippen LogP contribution in [-0.2, 0) is 21.0 Å². The molecule has 0 bridgehead atoms. The van der Waals surface area contributed by atoms with Crippen molar-refractivity contribution < 1.29 is 40.6 Å². The summed E-state index contributed by atoms with van der Waals surface area (Å²) >= 11 is 0. The van der Waals surface area contributed by atoms with Crippen molar-refractivity contribution in [1.29, 1.82) is 0 Å². The number of nitrogens with one attached hydrogen (secondary N) is 2. The molecule has 0 heterocycles. The fraction of sp³-hybridized carbons (Fsp3) is 0.160. The molecule has 196 valence electrons. The predicted molar refractivity (Wildman–Crippen MR) is 132 cm³/mol. The maximum Gasteiger partial charge on any atom is 0.416 e. The van der Waals surface area contributed by atoms with Gasteiger partial charge in [-0.1, -0.05) is 6.07 Å². The molecule has 1 amide bonds. The van der Waals surface area contributed by atoms with Gasteiger partial charge in [-0.3, -0.25) is 9.52 Å². The third kappa shape index (κ3) is 6.73. The summed E-state index contributed by atoms with van der Waals surface area (Å²) in [7, 11) is 0.226. The maximum absolute atomic E-state index is 12.9. The van der Waals surface area contributed by atoms with Gasteiger partial charge in [-0.2, -0.15) is 13.2 Å². The van der Waals surface area contributed by atoms with E-state index in [4.69, 9.17) is 14.2 Å². The van der Waals surface area contributed by atoms with Crippen LogP contribution in [0.25, 0.3) is 6.08 Å². The SMILES string of the molecule is COc1ccc(/C=C/C(=O)Nc2ccc(S(=O)(=O)Nc3cccc(C(F)(F)F)c3)cc2)c(OC)c1OC. The fourth-order valence-corrected chi connectivity index (χ4v) is 4.35. The highest BCUT2D eigenvalue weighted by atomic mass is 32.2. The minimum Gasteiger partial charge on any atom is -0.493 e. The number of carbonyl (C=O) groups is 1. The Morgan fingerprint density at radius 3 is 2.14 bits per heavy atom. The summed E-state index contributed by atoms with van der Waals surface area (Å²) in [5, 5.41) is 2.59. The largest absolute Gasteiger partial charge is 0.493 e. The number of ether oxygens (including phenoxy) is 3. The van der Waals surface area contributed by atoms with E-state index in [1.54, 1.807) is 12.1 Å². The van der Waals surface area contributed by atoms with Gasteiger partial charge in [0.15, 0.2) is 11.5 Å². The zero-order valence-corrected chi connectivity index (χ0v) is 20.7. The highest BCUT2D eigenvalue weighted by molar-refractivity contribution is 7.92. The minimum atomic E-state index is -4.61. The third-order valence-corrected chi connectivity index (χ3v) is 6.42. The Morgan fingerprint density at radius 1 is 0.865 bits per heavy atom. The van der Waals surface area contributed by atoms with E-state index >= 15 is 0 Å². The second-order valence-electron chi connectivity index (χ2n) is 7.45. The topological polar surface area (TPSA) is 103 Å². The Kier molecular flexibility index (Phi) is 8.33. The van der Waals surface area contributed by atoms with E-state index in [0.717, 1.165) is 12.1 Å². The average molecular weight is 537 g/mol. The normalized spacial score (nSPS) is 11.7. The number of rotatable bonds is 9. The number of anilines is 2. The van der Waals surface area contributed by atoms with E-state index in [2.05, 4.69) is 10.0 Å². The number of alkyl halides is 3.